The zero-order valence-corrected chi connectivity index (χ0v) is 21.2. The van der Waals surface area contributed by atoms with Crippen molar-refractivity contribution in [2.75, 3.05) is 0 Å². The van der Waals surface area contributed by atoms with Gasteiger partial charge in [0.15, 0.2) is 0 Å². The summed E-state index contributed by atoms with van der Waals surface area (Å²) in [5.74, 6) is -0.116. The van der Waals surface area contributed by atoms with Gasteiger partial charge in [0.25, 0.3) is 0 Å². The average molecular weight is 542 g/mol. The maximum absolute atomic E-state index is 12.9. The molecule has 10 heteroatoms. The maximum Gasteiger partial charge on any atom is 0.416 e. The highest BCUT2D eigenvalue weighted by atomic mass is 32.2. The Morgan fingerprint density at radius 1 is 0.895 bits per heavy atom. The summed E-state index contributed by atoms with van der Waals surface area (Å²) in [6, 6.07) is 22.5. The number of alkyl halides is 3. The number of unbranched alkanes of at least 4 members (excludes halogenated alkanes) is 1. The summed E-state index contributed by atoms with van der Waals surface area (Å²) < 4.78 is 63.7. The molecule has 1 heterocycles. The van der Waals surface area contributed by atoms with Crippen LogP contribution in [0.4, 0.5) is 13.2 Å². The van der Waals surface area contributed by atoms with Gasteiger partial charge < -0.3 is 0 Å². The van der Waals surface area contributed by atoms with Gasteiger partial charge in [-0.1, -0.05) is 48.5 Å². The first-order valence-electron chi connectivity index (χ1n) is 12.0. The molecule has 0 bridgehead atoms. The molecule has 0 aliphatic rings. The topological polar surface area (TPSA) is 95.1 Å². The number of carbonyl (C=O) groups is 1. The number of hydrogen-bond donors (Lipinski definition) is 1. The summed E-state index contributed by atoms with van der Waals surface area (Å²) in [5.41, 5.74) is 2.81. The van der Waals surface area contributed by atoms with E-state index in [1.807, 2.05) is 36.4 Å². The molecular weight excluding hydrogens is 515 g/mol. The van der Waals surface area contributed by atoms with Crippen molar-refractivity contribution in [3.05, 3.63) is 102 Å². The molecule has 0 aliphatic carbocycles. The number of rotatable bonds is 10. The second-order valence-electron chi connectivity index (χ2n) is 8.96. The summed E-state index contributed by atoms with van der Waals surface area (Å²) in [4.78, 5) is 12.4. The van der Waals surface area contributed by atoms with Gasteiger partial charge in [-0.15, -0.1) is 0 Å². The summed E-state index contributed by atoms with van der Waals surface area (Å²) in [7, 11) is -3.82. The number of primary sulfonamides is 1. The third kappa shape index (κ3) is 6.96. The molecule has 6 nitrogen and oxygen atoms in total. The van der Waals surface area contributed by atoms with Gasteiger partial charge in [-0.25, -0.2) is 18.2 Å². The number of benzene rings is 3. The van der Waals surface area contributed by atoms with Crippen molar-refractivity contribution in [1.82, 2.24) is 9.78 Å². The van der Waals surface area contributed by atoms with Crippen LogP contribution in [0.15, 0.2) is 89.8 Å². The zero-order chi connectivity index (χ0) is 27.3. The van der Waals surface area contributed by atoms with Crippen LogP contribution in [-0.2, 0) is 33.8 Å². The van der Waals surface area contributed by atoms with Gasteiger partial charge in [-0.2, -0.15) is 18.3 Å². The Balaban J connectivity index is 1.42. The van der Waals surface area contributed by atoms with E-state index in [9.17, 15) is 26.4 Å². The van der Waals surface area contributed by atoms with E-state index in [0.29, 0.717) is 30.5 Å². The molecule has 0 spiro atoms. The molecule has 3 aromatic carbocycles. The molecule has 4 aromatic rings. The Morgan fingerprint density at radius 2 is 1.61 bits per heavy atom. The number of nitrogens with zero attached hydrogens (tertiary/aromatic N) is 2. The van der Waals surface area contributed by atoms with Gasteiger partial charge in [0.2, 0.25) is 10.0 Å². The van der Waals surface area contributed by atoms with Crippen LogP contribution in [-0.4, -0.2) is 24.0 Å². The van der Waals surface area contributed by atoms with Crippen molar-refractivity contribution in [2.24, 2.45) is 5.14 Å². The molecule has 0 aliphatic heterocycles. The van der Waals surface area contributed by atoms with Crippen molar-refractivity contribution in [3.63, 3.8) is 0 Å². The Labute approximate surface area is 219 Å². The lowest BCUT2D eigenvalue weighted by molar-refractivity contribution is -0.137. The van der Waals surface area contributed by atoms with Crippen LogP contribution in [0, 0.1) is 0 Å². The highest BCUT2D eigenvalue weighted by molar-refractivity contribution is 7.89. The van der Waals surface area contributed by atoms with E-state index >= 15 is 0 Å². The Hall–Kier alpha value is -3.76. The molecule has 0 fully saturated rings. The highest BCUT2D eigenvalue weighted by Crippen LogP contribution is 2.30. The minimum absolute atomic E-state index is 0.00434. The minimum atomic E-state index is -4.44. The van der Waals surface area contributed by atoms with Gasteiger partial charge >= 0.3 is 6.18 Å². The van der Waals surface area contributed by atoms with E-state index in [0.717, 1.165) is 29.1 Å². The first kappa shape index (κ1) is 27.3. The third-order valence-electron chi connectivity index (χ3n) is 6.03. The monoisotopic (exact) mass is 541 g/mol. The second-order valence-corrected chi connectivity index (χ2v) is 10.5. The number of hydrogen-bond acceptors (Lipinski definition) is 4. The SMILES string of the molecule is NS(=O)(=O)c1ccc(-n2nc(CCCCC(=O)Cc3cccc(C(F)(F)F)c3)cc2-c2ccccc2)cc1. The van der Waals surface area contributed by atoms with Crippen LogP contribution < -0.4 is 5.14 Å². The molecule has 0 atom stereocenters. The summed E-state index contributed by atoms with van der Waals surface area (Å²) in [6.45, 7) is 0. The number of sulfonamides is 1. The largest absolute Gasteiger partial charge is 0.416 e. The van der Waals surface area contributed by atoms with E-state index in [1.54, 1.807) is 16.8 Å². The van der Waals surface area contributed by atoms with Crippen molar-refractivity contribution in [2.45, 2.75) is 43.2 Å². The summed E-state index contributed by atoms with van der Waals surface area (Å²) >= 11 is 0. The van der Waals surface area contributed by atoms with Crippen molar-refractivity contribution in [3.8, 4) is 16.9 Å². The first-order valence-corrected chi connectivity index (χ1v) is 13.5. The summed E-state index contributed by atoms with van der Waals surface area (Å²) in [5, 5.41) is 9.92. The van der Waals surface area contributed by atoms with Crippen LogP contribution in [0.1, 0.15) is 36.1 Å². The Bertz CT molecular complexity index is 1510. The van der Waals surface area contributed by atoms with Gasteiger partial charge in [0.05, 0.1) is 27.5 Å². The van der Waals surface area contributed by atoms with E-state index in [-0.39, 0.29) is 23.5 Å². The van der Waals surface area contributed by atoms with Crippen LogP contribution >= 0.6 is 0 Å². The number of aryl methyl sites for hydroxylation is 1. The Kier molecular flexibility index (Phi) is 8.13. The molecule has 0 saturated heterocycles. The van der Waals surface area contributed by atoms with Crippen molar-refractivity contribution in [1.29, 1.82) is 0 Å². The van der Waals surface area contributed by atoms with Crippen molar-refractivity contribution >= 4 is 15.8 Å². The number of aromatic nitrogens is 2. The van der Waals surface area contributed by atoms with E-state index < -0.39 is 21.8 Å². The van der Waals surface area contributed by atoms with Gasteiger partial charge in [-0.3, -0.25) is 4.79 Å². The van der Waals surface area contributed by atoms with Gasteiger partial charge in [0, 0.05) is 18.4 Å². The van der Waals surface area contributed by atoms with E-state index in [4.69, 9.17) is 10.2 Å². The molecule has 2 N–H and O–H groups in total. The predicted molar refractivity (Wildman–Crippen MR) is 138 cm³/mol. The second kappa shape index (κ2) is 11.3. The minimum Gasteiger partial charge on any atom is -0.299 e. The predicted octanol–water partition coefficient (Wildman–Crippen LogP) is 5.73. The molecule has 0 unspecified atom stereocenters. The molecular formula is C28H26F3N3O3S. The van der Waals surface area contributed by atoms with Gasteiger partial charge in [-0.05, 0) is 61.2 Å². The molecule has 0 saturated carbocycles. The maximum atomic E-state index is 12.9. The van der Waals surface area contributed by atoms with Gasteiger partial charge in [0.1, 0.15) is 5.78 Å². The highest BCUT2D eigenvalue weighted by Gasteiger charge is 2.30. The van der Waals surface area contributed by atoms with E-state index in [1.165, 1.54) is 24.3 Å². The van der Waals surface area contributed by atoms with Crippen LogP contribution in [0.5, 0.6) is 0 Å². The number of nitrogens with two attached hydrogens (primary N) is 1. The number of ketones is 1. The molecule has 38 heavy (non-hydrogen) atoms. The van der Waals surface area contributed by atoms with Crippen LogP contribution in [0.25, 0.3) is 16.9 Å². The molecule has 0 amide bonds. The fourth-order valence-corrected chi connectivity index (χ4v) is 4.66. The summed E-state index contributed by atoms with van der Waals surface area (Å²) in [6.07, 6.45) is -2.37. The van der Waals surface area contributed by atoms with E-state index in [2.05, 4.69) is 0 Å². The third-order valence-corrected chi connectivity index (χ3v) is 6.96. The Morgan fingerprint density at radius 3 is 2.26 bits per heavy atom. The standard InChI is InChI=1S/C28H26F3N3O3S/c29-28(30,31)22-10-6-7-20(17-22)18-25(35)12-5-4-11-23-19-27(21-8-2-1-3-9-21)34(33-23)24-13-15-26(16-14-24)38(32,36)37/h1-3,6-10,13-17,19H,4-5,11-12,18H2,(H2,32,36,37). The van der Waals surface area contributed by atoms with Crippen molar-refractivity contribution < 1.29 is 26.4 Å². The zero-order valence-electron chi connectivity index (χ0n) is 20.4. The lowest BCUT2D eigenvalue weighted by Gasteiger charge is -2.08. The molecule has 198 valence electrons. The first-order chi connectivity index (χ1) is 18.0. The number of halogens is 3. The van der Waals surface area contributed by atoms with Crippen LogP contribution in [0.2, 0.25) is 0 Å². The number of carbonyl (C=O) groups excluding carboxylic acids is 1. The lowest BCUT2D eigenvalue weighted by atomic mass is 10.0. The fraction of sp³-hybridized carbons (Fsp3) is 0.214. The molecule has 4 rings (SSSR count). The van der Waals surface area contributed by atoms with Crippen LogP contribution in [0.3, 0.4) is 0 Å². The molecule has 0 radical (unpaired) electrons. The lowest BCUT2D eigenvalue weighted by Crippen LogP contribution is -2.12. The normalized spacial score (nSPS) is 12.0. The molecule has 1 aromatic heterocycles. The smallest absolute Gasteiger partial charge is 0.299 e. The average Bonchev–Trinajstić information content (AvgIpc) is 3.31. The fourth-order valence-electron chi connectivity index (χ4n) is 4.14. The quantitative estimate of drug-likeness (QED) is 0.260. The number of Topliss-reactive ketones (excluding diaryl/α,β-unsaturated/α-hetero) is 1.